The van der Waals surface area contributed by atoms with E-state index < -0.39 is 35.8 Å². The molecular weight excluding hydrogens is 367 g/mol. The minimum Gasteiger partial charge on any atom is -0.476 e. The highest BCUT2D eigenvalue weighted by atomic mass is 19.4. The first-order chi connectivity index (χ1) is 12.8. The number of aliphatic hydroxyl groups excluding tert-OH is 1. The van der Waals surface area contributed by atoms with Crippen LogP contribution in [0.2, 0.25) is 0 Å². The Balaban J connectivity index is 2.15. The summed E-state index contributed by atoms with van der Waals surface area (Å²) in [6, 6.07) is 7.53. The van der Waals surface area contributed by atoms with Crippen molar-refractivity contribution in [2.45, 2.75) is 31.7 Å². The molecule has 0 spiro atoms. The lowest BCUT2D eigenvalue weighted by Crippen LogP contribution is -2.39. The molecule has 2 unspecified atom stereocenters. The number of hydrogen-bond donors (Lipinski definition) is 1. The molecule has 0 saturated heterocycles. The number of nitrogens with zero attached hydrogens (tertiary/aromatic N) is 1. The van der Waals surface area contributed by atoms with Crippen LogP contribution in [0, 0.1) is 0 Å². The highest BCUT2D eigenvalue weighted by molar-refractivity contribution is 5.75. The van der Waals surface area contributed by atoms with E-state index in [9.17, 15) is 23.1 Å². The van der Waals surface area contributed by atoms with Crippen LogP contribution >= 0.6 is 0 Å². The largest absolute Gasteiger partial charge is 0.476 e. The molecule has 1 heterocycles. The zero-order valence-corrected chi connectivity index (χ0v) is 14.6. The average Bonchev–Trinajstić information content (AvgIpc) is 2.65. The summed E-state index contributed by atoms with van der Waals surface area (Å²) in [5.41, 5.74) is -0.998. The van der Waals surface area contributed by atoms with Gasteiger partial charge in [-0.25, -0.2) is 9.78 Å². The van der Waals surface area contributed by atoms with Crippen molar-refractivity contribution < 1.29 is 37.3 Å². The number of aromatic nitrogens is 1. The molecule has 27 heavy (non-hydrogen) atoms. The molecule has 1 aromatic carbocycles. The summed E-state index contributed by atoms with van der Waals surface area (Å²) in [5.74, 6) is -1.01. The summed E-state index contributed by atoms with van der Waals surface area (Å²) in [6.45, 7) is 1.67. The van der Waals surface area contributed by atoms with Gasteiger partial charge in [0, 0.05) is 6.20 Å². The van der Waals surface area contributed by atoms with Crippen LogP contribution < -0.4 is 9.47 Å². The van der Waals surface area contributed by atoms with E-state index >= 15 is 0 Å². The van der Waals surface area contributed by atoms with Gasteiger partial charge in [-0.1, -0.05) is 6.92 Å². The lowest BCUT2D eigenvalue weighted by atomic mass is 10.1. The summed E-state index contributed by atoms with van der Waals surface area (Å²) in [4.78, 5) is 15.3. The van der Waals surface area contributed by atoms with Crippen molar-refractivity contribution in [1.82, 2.24) is 4.98 Å². The molecule has 2 aromatic rings. The van der Waals surface area contributed by atoms with Crippen molar-refractivity contribution in [3.63, 3.8) is 0 Å². The van der Waals surface area contributed by atoms with Gasteiger partial charge in [0.1, 0.15) is 23.2 Å². The van der Waals surface area contributed by atoms with Gasteiger partial charge in [-0.05, 0) is 42.8 Å². The Hall–Kier alpha value is -2.81. The first kappa shape index (κ1) is 20.5. The van der Waals surface area contributed by atoms with Crippen LogP contribution in [0.15, 0.2) is 42.6 Å². The molecule has 2 rings (SSSR count). The normalized spacial score (nSPS) is 13.6. The van der Waals surface area contributed by atoms with Gasteiger partial charge in [0.05, 0.1) is 7.11 Å². The van der Waals surface area contributed by atoms with Gasteiger partial charge in [-0.2, -0.15) is 13.2 Å². The molecule has 0 saturated carbocycles. The molecule has 146 valence electrons. The highest BCUT2D eigenvalue weighted by Gasteiger charge is 2.35. The molecule has 0 fully saturated rings. The number of hydrogen-bond acceptors (Lipinski definition) is 6. The standard InChI is InChI=1S/C18H18F3NO5/c1-3-14(23)15(17(24)25-2)26-11-6-8-12(9-7-11)27-16-13(18(19,20)21)5-4-10-22-16/h4-10,14-15,23H,3H2,1-2H3. The molecule has 0 bridgehead atoms. The lowest BCUT2D eigenvalue weighted by Gasteiger charge is -2.21. The molecule has 0 aliphatic heterocycles. The van der Waals surface area contributed by atoms with E-state index in [0.29, 0.717) is 0 Å². The second kappa shape index (κ2) is 8.72. The van der Waals surface area contributed by atoms with Crippen LogP contribution in [0.5, 0.6) is 17.4 Å². The van der Waals surface area contributed by atoms with Gasteiger partial charge in [0.2, 0.25) is 12.0 Å². The zero-order chi connectivity index (χ0) is 20.0. The fraction of sp³-hybridized carbons (Fsp3) is 0.333. The van der Waals surface area contributed by atoms with E-state index in [4.69, 9.17) is 9.47 Å². The van der Waals surface area contributed by atoms with Gasteiger partial charge < -0.3 is 19.3 Å². The molecular formula is C18H18F3NO5. The fourth-order valence-electron chi connectivity index (χ4n) is 2.15. The number of rotatable bonds is 7. The Morgan fingerprint density at radius 2 is 1.81 bits per heavy atom. The molecule has 1 N–H and O–H groups in total. The zero-order valence-electron chi connectivity index (χ0n) is 14.6. The molecule has 9 heteroatoms. The van der Waals surface area contributed by atoms with Gasteiger partial charge >= 0.3 is 12.1 Å². The van der Waals surface area contributed by atoms with Crippen LogP contribution in [0.3, 0.4) is 0 Å². The van der Waals surface area contributed by atoms with E-state index in [-0.39, 0.29) is 17.9 Å². The van der Waals surface area contributed by atoms with Gasteiger partial charge in [-0.3, -0.25) is 0 Å². The Kier molecular flexibility index (Phi) is 6.62. The van der Waals surface area contributed by atoms with E-state index in [1.165, 1.54) is 43.6 Å². The maximum atomic E-state index is 13.0. The van der Waals surface area contributed by atoms with E-state index in [1.54, 1.807) is 6.92 Å². The van der Waals surface area contributed by atoms with Crippen molar-refractivity contribution in [3.05, 3.63) is 48.2 Å². The van der Waals surface area contributed by atoms with Gasteiger partial charge in [-0.15, -0.1) is 0 Å². The Labute approximate surface area is 153 Å². The third-order valence-corrected chi connectivity index (χ3v) is 3.58. The van der Waals surface area contributed by atoms with E-state index in [1.807, 2.05) is 0 Å². The van der Waals surface area contributed by atoms with Crippen molar-refractivity contribution in [1.29, 1.82) is 0 Å². The Morgan fingerprint density at radius 3 is 2.37 bits per heavy atom. The number of alkyl halides is 3. The molecule has 0 aliphatic carbocycles. The Bertz CT molecular complexity index is 764. The summed E-state index contributed by atoms with van der Waals surface area (Å²) in [6.07, 6.45) is -5.44. The SMILES string of the molecule is CCC(O)C(Oc1ccc(Oc2ncccc2C(F)(F)F)cc1)C(=O)OC. The smallest absolute Gasteiger partial charge is 0.421 e. The first-order valence-electron chi connectivity index (χ1n) is 7.99. The molecule has 0 radical (unpaired) electrons. The molecule has 0 amide bonds. The predicted octanol–water partition coefficient (Wildman–Crippen LogP) is 3.58. The summed E-state index contributed by atoms with van der Waals surface area (Å²) >= 11 is 0. The van der Waals surface area contributed by atoms with Crippen LogP contribution in [0.4, 0.5) is 13.2 Å². The van der Waals surface area contributed by atoms with Crippen LogP contribution in [0.1, 0.15) is 18.9 Å². The summed E-state index contributed by atoms with van der Waals surface area (Å²) in [7, 11) is 1.17. The molecule has 1 aromatic heterocycles. The number of carbonyl (C=O) groups excluding carboxylic acids is 1. The summed E-state index contributed by atoms with van der Waals surface area (Å²) in [5, 5.41) is 9.87. The van der Waals surface area contributed by atoms with Crippen molar-refractivity contribution in [3.8, 4) is 17.4 Å². The number of aliphatic hydroxyl groups is 1. The second-order valence-corrected chi connectivity index (χ2v) is 5.46. The molecule has 6 nitrogen and oxygen atoms in total. The van der Waals surface area contributed by atoms with E-state index in [0.717, 1.165) is 6.07 Å². The molecule has 2 atom stereocenters. The average molecular weight is 385 g/mol. The lowest BCUT2D eigenvalue weighted by molar-refractivity contribution is -0.154. The number of carbonyl (C=O) groups is 1. The number of halogens is 3. The third-order valence-electron chi connectivity index (χ3n) is 3.58. The quantitative estimate of drug-likeness (QED) is 0.734. The van der Waals surface area contributed by atoms with Crippen molar-refractivity contribution >= 4 is 5.97 Å². The summed E-state index contributed by atoms with van der Waals surface area (Å²) < 4.78 is 54.1. The fourth-order valence-corrected chi connectivity index (χ4v) is 2.15. The minimum atomic E-state index is -4.60. The van der Waals surface area contributed by atoms with Crippen LogP contribution in [-0.4, -0.2) is 35.4 Å². The first-order valence-corrected chi connectivity index (χ1v) is 7.99. The van der Waals surface area contributed by atoms with Crippen molar-refractivity contribution in [2.75, 3.05) is 7.11 Å². The Morgan fingerprint density at radius 1 is 1.19 bits per heavy atom. The van der Waals surface area contributed by atoms with Crippen LogP contribution in [0.25, 0.3) is 0 Å². The maximum absolute atomic E-state index is 13.0. The van der Waals surface area contributed by atoms with Gasteiger partial charge in [0.15, 0.2) is 0 Å². The number of ether oxygens (including phenoxy) is 3. The third kappa shape index (κ3) is 5.33. The minimum absolute atomic E-state index is 0.0946. The van der Waals surface area contributed by atoms with Crippen LogP contribution in [-0.2, 0) is 15.7 Å². The number of pyridine rings is 1. The monoisotopic (exact) mass is 385 g/mol. The highest BCUT2D eigenvalue weighted by Crippen LogP contribution is 2.36. The molecule has 0 aliphatic rings. The number of benzene rings is 1. The second-order valence-electron chi connectivity index (χ2n) is 5.46. The van der Waals surface area contributed by atoms with Gasteiger partial charge in [0.25, 0.3) is 0 Å². The maximum Gasteiger partial charge on any atom is 0.421 e. The van der Waals surface area contributed by atoms with Crippen molar-refractivity contribution in [2.24, 2.45) is 0 Å². The number of methoxy groups -OCH3 is 1. The topological polar surface area (TPSA) is 77.9 Å². The van der Waals surface area contributed by atoms with E-state index in [2.05, 4.69) is 9.72 Å². The predicted molar refractivity (Wildman–Crippen MR) is 88.5 cm³/mol. The number of esters is 1.